The average molecular weight is 269 g/mol. The van der Waals surface area contributed by atoms with Crippen molar-refractivity contribution in [1.29, 1.82) is 0 Å². The molecule has 0 aromatic heterocycles. The molecule has 1 saturated heterocycles. The Morgan fingerprint density at radius 3 is 2.95 bits per heavy atom. The molecule has 4 heteroatoms. The number of rotatable bonds is 4. The van der Waals surface area contributed by atoms with Crippen molar-refractivity contribution in [2.24, 2.45) is 11.8 Å². The molecule has 2 rings (SSSR count). The van der Waals surface area contributed by atoms with E-state index in [1.54, 1.807) is 0 Å². The first-order valence-electron chi connectivity index (χ1n) is 7.60. The molecule has 4 nitrogen and oxygen atoms in total. The van der Waals surface area contributed by atoms with E-state index in [1.807, 2.05) is 13.8 Å². The van der Waals surface area contributed by atoms with Gasteiger partial charge in [-0.25, -0.2) is 0 Å². The number of carbonyl (C=O) groups is 1. The molecule has 1 saturated carbocycles. The predicted molar refractivity (Wildman–Crippen MR) is 73.8 cm³/mol. The lowest BCUT2D eigenvalue weighted by Crippen LogP contribution is -2.54. The van der Waals surface area contributed by atoms with Crippen LogP contribution in [-0.2, 0) is 9.53 Å². The van der Waals surface area contributed by atoms with Gasteiger partial charge in [0.1, 0.15) is 0 Å². The summed E-state index contributed by atoms with van der Waals surface area (Å²) in [6.45, 7) is 6.60. The van der Waals surface area contributed by atoms with Gasteiger partial charge in [-0.3, -0.25) is 9.69 Å². The van der Waals surface area contributed by atoms with E-state index < -0.39 is 5.60 Å². The molecule has 1 aliphatic heterocycles. The molecule has 0 aromatic rings. The van der Waals surface area contributed by atoms with E-state index in [2.05, 4.69) is 4.90 Å². The number of nitrogens with zero attached hydrogens (tertiary/aromatic N) is 1. The number of likely N-dealkylation sites (tertiary alicyclic amines) is 1. The van der Waals surface area contributed by atoms with E-state index in [1.165, 1.54) is 6.42 Å². The molecule has 2 unspecified atom stereocenters. The first-order valence-corrected chi connectivity index (χ1v) is 7.60. The van der Waals surface area contributed by atoms with E-state index in [0.717, 1.165) is 38.8 Å². The fourth-order valence-electron chi connectivity index (χ4n) is 3.27. The first kappa shape index (κ1) is 14.8. The molecule has 2 fully saturated rings. The molecule has 0 radical (unpaired) electrons. The highest BCUT2D eigenvalue weighted by molar-refractivity contribution is 5.71. The van der Waals surface area contributed by atoms with Crippen molar-refractivity contribution in [2.45, 2.75) is 51.6 Å². The average Bonchev–Trinajstić information content (AvgIpc) is 2.36. The Hall–Kier alpha value is -0.610. The molecule has 1 heterocycles. The molecule has 0 aromatic carbocycles. The maximum atomic E-state index is 11.7. The highest BCUT2D eigenvalue weighted by atomic mass is 16.5. The third-order valence-electron chi connectivity index (χ3n) is 4.44. The van der Waals surface area contributed by atoms with Crippen LogP contribution in [0, 0.1) is 11.8 Å². The Morgan fingerprint density at radius 1 is 1.42 bits per heavy atom. The Bertz CT molecular complexity index is 319. The van der Waals surface area contributed by atoms with Crippen LogP contribution >= 0.6 is 0 Å². The zero-order chi connectivity index (χ0) is 13.9. The summed E-state index contributed by atoms with van der Waals surface area (Å²) < 4.78 is 5.22. The number of piperidine rings is 1. The monoisotopic (exact) mass is 269 g/mol. The van der Waals surface area contributed by atoms with Crippen LogP contribution < -0.4 is 0 Å². The third kappa shape index (κ3) is 3.93. The molecule has 0 amide bonds. The molecule has 0 bridgehead atoms. The maximum Gasteiger partial charge on any atom is 0.320 e. The largest absolute Gasteiger partial charge is 0.464 e. The summed E-state index contributed by atoms with van der Waals surface area (Å²) in [5.41, 5.74) is -0.462. The summed E-state index contributed by atoms with van der Waals surface area (Å²) in [6.07, 6.45) is 5.18. The minimum absolute atomic E-state index is 0.130. The van der Waals surface area contributed by atoms with Gasteiger partial charge in [0.05, 0.1) is 18.8 Å². The van der Waals surface area contributed by atoms with Gasteiger partial charge in [0, 0.05) is 19.0 Å². The predicted octanol–water partition coefficient (Wildman–Crippen LogP) is 1.81. The van der Waals surface area contributed by atoms with E-state index in [9.17, 15) is 9.90 Å². The standard InChI is InChI=1S/C15H27NO3/c1-12(2)11-19-14(17)10-16-8-7-15(18)6-4-3-5-13(15)9-16/h12-13,18H,3-11H2,1-2H3. The number of hydrogen-bond acceptors (Lipinski definition) is 4. The first-order chi connectivity index (χ1) is 8.99. The molecule has 1 aliphatic carbocycles. The van der Waals surface area contributed by atoms with Crippen LogP contribution in [0.5, 0.6) is 0 Å². The van der Waals surface area contributed by atoms with Crippen LogP contribution in [0.25, 0.3) is 0 Å². The van der Waals surface area contributed by atoms with Gasteiger partial charge in [0.15, 0.2) is 0 Å². The Labute approximate surface area is 116 Å². The van der Waals surface area contributed by atoms with Crippen LogP contribution in [0.3, 0.4) is 0 Å². The van der Waals surface area contributed by atoms with Crippen molar-refractivity contribution in [1.82, 2.24) is 4.90 Å². The second kappa shape index (κ2) is 6.23. The Kier molecular flexibility index (Phi) is 4.85. The van der Waals surface area contributed by atoms with Gasteiger partial charge in [0.2, 0.25) is 0 Å². The third-order valence-corrected chi connectivity index (χ3v) is 4.44. The molecule has 1 N–H and O–H groups in total. The second-order valence-electron chi connectivity index (χ2n) is 6.61. The van der Waals surface area contributed by atoms with Crippen molar-refractivity contribution in [2.75, 3.05) is 26.2 Å². The lowest BCUT2D eigenvalue weighted by molar-refractivity contribution is -0.149. The highest BCUT2D eigenvalue weighted by Crippen LogP contribution is 2.39. The van der Waals surface area contributed by atoms with E-state index >= 15 is 0 Å². The van der Waals surface area contributed by atoms with E-state index in [0.29, 0.717) is 25.0 Å². The topological polar surface area (TPSA) is 49.8 Å². The minimum Gasteiger partial charge on any atom is -0.464 e. The van der Waals surface area contributed by atoms with Crippen molar-refractivity contribution >= 4 is 5.97 Å². The molecule has 2 aliphatic rings. The molecule has 0 spiro atoms. The maximum absolute atomic E-state index is 11.7. The second-order valence-corrected chi connectivity index (χ2v) is 6.61. The number of hydrogen-bond donors (Lipinski definition) is 1. The molecular weight excluding hydrogens is 242 g/mol. The van der Waals surface area contributed by atoms with E-state index in [-0.39, 0.29) is 5.97 Å². The van der Waals surface area contributed by atoms with Crippen LogP contribution in [0.1, 0.15) is 46.0 Å². The molecular formula is C15H27NO3. The summed E-state index contributed by atoms with van der Waals surface area (Å²) in [6, 6.07) is 0. The zero-order valence-corrected chi connectivity index (χ0v) is 12.2. The van der Waals surface area contributed by atoms with Gasteiger partial charge >= 0.3 is 5.97 Å². The molecule has 19 heavy (non-hydrogen) atoms. The van der Waals surface area contributed by atoms with Crippen LogP contribution in [-0.4, -0.2) is 47.8 Å². The summed E-state index contributed by atoms with van der Waals surface area (Å²) >= 11 is 0. The SMILES string of the molecule is CC(C)COC(=O)CN1CCC2(O)CCCCC2C1. The van der Waals surface area contributed by atoms with Crippen molar-refractivity contribution in [3.8, 4) is 0 Å². The lowest BCUT2D eigenvalue weighted by atomic mass is 9.71. The summed E-state index contributed by atoms with van der Waals surface area (Å²) in [5.74, 6) is 0.594. The van der Waals surface area contributed by atoms with Crippen LogP contribution in [0.2, 0.25) is 0 Å². The van der Waals surface area contributed by atoms with Gasteiger partial charge in [-0.15, -0.1) is 0 Å². The van der Waals surface area contributed by atoms with Crippen molar-refractivity contribution in [3.05, 3.63) is 0 Å². The minimum atomic E-state index is -0.462. The number of aliphatic hydroxyl groups is 1. The number of carbonyl (C=O) groups excluding carboxylic acids is 1. The molecule has 110 valence electrons. The quantitative estimate of drug-likeness (QED) is 0.791. The fraction of sp³-hybridized carbons (Fsp3) is 0.933. The lowest BCUT2D eigenvalue weighted by Gasteiger charge is -2.47. The summed E-state index contributed by atoms with van der Waals surface area (Å²) in [4.78, 5) is 13.9. The normalized spacial score (nSPS) is 32.1. The van der Waals surface area contributed by atoms with Gasteiger partial charge in [0.25, 0.3) is 0 Å². The number of esters is 1. The summed E-state index contributed by atoms with van der Waals surface area (Å²) in [7, 11) is 0. The van der Waals surface area contributed by atoms with Crippen molar-refractivity contribution in [3.63, 3.8) is 0 Å². The number of ether oxygens (including phenoxy) is 1. The van der Waals surface area contributed by atoms with Gasteiger partial charge in [-0.1, -0.05) is 26.7 Å². The van der Waals surface area contributed by atoms with Crippen LogP contribution in [0.4, 0.5) is 0 Å². The van der Waals surface area contributed by atoms with Gasteiger partial charge in [-0.2, -0.15) is 0 Å². The van der Waals surface area contributed by atoms with E-state index in [4.69, 9.17) is 4.74 Å². The number of fused-ring (bicyclic) bond motifs is 1. The molecule has 2 atom stereocenters. The Balaban J connectivity index is 1.79. The van der Waals surface area contributed by atoms with Crippen molar-refractivity contribution < 1.29 is 14.6 Å². The van der Waals surface area contributed by atoms with Crippen LogP contribution in [0.15, 0.2) is 0 Å². The Morgan fingerprint density at radius 2 is 2.21 bits per heavy atom. The fourth-order valence-corrected chi connectivity index (χ4v) is 3.27. The summed E-state index contributed by atoms with van der Waals surface area (Å²) in [5, 5.41) is 10.6. The highest BCUT2D eigenvalue weighted by Gasteiger charge is 2.42. The van der Waals surface area contributed by atoms with Gasteiger partial charge < -0.3 is 9.84 Å². The smallest absolute Gasteiger partial charge is 0.320 e. The zero-order valence-electron chi connectivity index (χ0n) is 12.2. The van der Waals surface area contributed by atoms with Gasteiger partial charge in [-0.05, 0) is 25.2 Å².